The molecule has 2 rings (SSSR count). The Balaban J connectivity index is 2.17. The molecule has 0 unspecified atom stereocenters. The van der Waals surface area contributed by atoms with Gasteiger partial charge in [0.1, 0.15) is 5.76 Å². The van der Waals surface area contributed by atoms with Crippen LogP contribution in [-0.2, 0) is 5.41 Å². The molecule has 6 heteroatoms. The normalized spacial score (nSPS) is 11.3. The van der Waals surface area contributed by atoms with Gasteiger partial charge >= 0.3 is 5.97 Å². The molecule has 0 spiro atoms. The molecule has 0 atom stereocenters. The van der Waals surface area contributed by atoms with E-state index in [2.05, 4.69) is 10.5 Å². The molecule has 22 heavy (non-hydrogen) atoms. The fourth-order valence-electron chi connectivity index (χ4n) is 1.91. The van der Waals surface area contributed by atoms with Crippen molar-refractivity contribution >= 4 is 17.6 Å². The molecule has 0 saturated carbocycles. The Morgan fingerprint density at radius 2 is 1.91 bits per heavy atom. The highest BCUT2D eigenvalue weighted by Gasteiger charge is 2.22. The van der Waals surface area contributed by atoms with Crippen molar-refractivity contribution < 1.29 is 19.2 Å². The number of aromatic nitrogens is 1. The number of aryl methyl sites for hydroxylation is 1. The van der Waals surface area contributed by atoms with Crippen molar-refractivity contribution in [2.24, 2.45) is 0 Å². The molecule has 1 aromatic heterocycles. The van der Waals surface area contributed by atoms with E-state index in [4.69, 9.17) is 9.63 Å². The van der Waals surface area contributed by atoms with E-state index in [1.807, 2.05) is 20.8 Å². The smallest absolute Gasteiger partial charge is 0.335 e. The third-order valence-corrected chi connectivity index (χ3v) is 3.20. The van der Waals surface area contributed by atoms with E-state index in [-0.39, 0.29) is 16.7 Å². The lowest BCUT2D eigenvalue weighted by molar-refractivity contribution is 0.0696. The summed E-state index contributed by atoms with van der Waals surface area (Å²) < 4.78 is 5.17. The van der Waals surface area contributed by atoms with E-state index in [1.54, 1.807) is 25.1 Å². The molecule has 2 aromatic rings. The quantitative estimate of drug-likeness (QED) is 0.908. The number of rotatable bonds is 3. The zero-order valence-electron chi connectivity index (χ0n) is 12.9. The van der Waals surface area contributed by atoms with Crippen LogP contribution < -0.4 is 5.32 Å². The van der Waals surface area contributed by atoms with Crippen molar-refractivity contribution in [2.75, 3.05) is 5.32 Å². The van der Waals surface area contributed by atoms with Crippen LogP contribution in [-0.4, -0.2) is 22.1 Å². The number of benzene rings is 1. The molecular formula is C16H18N2O4. The summed E-state index contributed by atoms with van der Waals surface area (Å²) in [6, 6.07) is 6.20. The van der Waals surface area contributed by atoms with Gasteiger partial charge in [-0.1, -0.05) is 25.9 Å². The summed E-state index contributed by atoms with van der Waals surface area (Å²) >= 11 is 0. The van der Waals surface area contributed by atoms with E-state index in [0.29, 0.717) is 17.0 Å². The first kappa shape index (κ1) is 15.8. The van der Waals surface area contributed by atoms with E-state index < -0.39 is 11.9 Å². The fourth-order valence-corrected chi connectivity index (χ4v) is 1.91. The number of aromatic carboxylic acids is 1. The number of hydrogen-bond donors (Lipinski definition) is 2. The maximum absolute atomic E-state index is 12.1. The van der Waals surface area contributed by atoms with E-state index in [9.17, 15) is 9.59 Å². The number of anilines is 1. The molecule has 0 aliphatic heterocycles. The minimum atomic E-state index is -0.998. The van der Waals surface area contributed by atoms with Crippen molar-refractivity contribution in [1.29, 1.82) is 0 Å². The summed E-state index contributed by atoms with van der Waals surface area (Å²) in [4.78, 5) is 23.1. The Kier molecular flexibility index (Phi) is 4.03. The zero-order chi connectivity index (χ0) is 16.5. The first-order valence-corrected chi connectivity index (χ1v) is 6.81. The van der Waals surface area contributed by atoms with Gasteiger partial charge in [-0.3, -0.25) is 4.79 Å². The van der Waals surface area contributed by atoms with Crippen LogP contribution >= 0.6 is 0 Å². The van der Waals surface area contributed by atoms with E-state index in [0.717, 1.165) is 0 Å². The monoisotopic (exact) mass is 302 g/mol. The second kappa shape index (κ2) is 5.63. The number of carboxylic acids is 1. The van der Waals surface area contributed by atoms with Crippen LogP contribution in [0.3, 0.4) is 0 Å². The van der Waals surface area contributed by atoms with Crippen LogP contribution in [0.15, 0.2) is 28.8 Å². The number of nitrogens with one attached hydrogen (secondary N) is 1. The molecule has 0 saturated heterocycles. The SMILES string of the molecule is Cc1cc(NC(=O)c2cc(C(C)(C)C)on2)ccc1C(=O)O. The van der Waals surface area contributed by atoms with Gasteiger partial charge in [0.25, 0.3) is 5.91 Å². The first-order valence-electron chi connectivity index (χ1n) is 6.81. The summed E-state index contributed by atoms with van der Waals surface area (Å²) in [5.74, 6) is -0.779. The summed E-state index contributed by atoms with van der Waals surface area (Å²) in [7, 11) is 0. The summed E-state index contributed by atoms with van der Waals surface area (Å²) in [5.41, 5.74) is 1.23. The standard InChI is InChI=1S/C16H18N2O4/c1-9-7-10(5-6-11(9)15(20)21)17-14(19)12-8-13(22-18-12)16(2,3)4/h5-8H,1-4H3,(H,17,19)(H,20,21). The van der Waals surface area contributed by atoms with Gasteiger partial charge in [0.2, 0.25) is 0 Å². The second-order valence-corrected chi connectivity index (χ2v) is 6.12. The average Bonchev–Trinajstić information content (AvgIpc) is 2.87. The van der Waals surface area contributed by atoms with Gasteiger partial charge < -0.3 is 14.9 Å². The largest absolute Gasteiger partial charge is 0.478 e. The number of carbonyl (C=O) groups is 2. The van der Waals surface area contributed by atoms with Gasteiger partial charge in [0.05, 0.1) is 5.56 Å². The minimum absolute atomic E-state index is 0.185. The van der Waals surface area contributed by atoms with Gasteiger partial charge in [-0.15, -0.1) is 0 Å². The summed E-state index contributed by atoms with van der Waals surface area (Å²) in [6.07, 6.45) is 0. The Labute approximate surface area is 128 Å². The highest BCUT2D eigenvalue weighted by molar-refractivity contribution is 6.03. The fraction of sp³-hybridized carbons (Fsp3) is 0.312. The van der Waals surface area contributed by atoms with Crippen LogP contribution in [0.25, 0.3) is 0 Å². The van der Waals surface area contributed by atoms with Gasteiger partial charge in [-0.2, -0.15) is 0 Å². The highest BCUT2D eigenvalue weighted by Crippen LogP contribution is 2.23. The number of nitrogens with zero attached hydrogens (tertiary/aromatic N) is 1. The van der Waals surface area contributed by atoms with Gasteiger partial charge in [-0.05, 0) is 30.7 Å². The molecule has 116 valence electrons. The average molecular weight is 302 g/mol. The predicted octanol–water partition coefficient (Wildman–Crippen LogP) is 3.23. The molecule has 6 nitrogen and oxygen atoms in total. The highest BCUT2D eigenvalue weighted by atomic mass is 16.5. The van der Waals surface area contributed by atoms with Crippen molar-refractivity contribution in [3.05, 3.63) is 46.8 Å². The lowest BCUT2D eigenvalue weighted by atomic mass is 9.93. The Morgan fingerprint density at radius 3 is 2.41 bits per heavy atom. The molecule has 1 amide bonds. The summed E-state index contributed by atoms with van der Waals surface area (Å²) in [5, 5.41) is 15.4. The summed E-state index contributed by atoms with van der Waals surface area (Å²) in [6.45, 7) is 7.56. The van der Waals surface area contributed by atoms with Crippen LogP contribution in [0.4, 0.5) is 5.69 Å². The molecule has 1 heterocycles. The molecule has 0 radical (unpaired) electrons. The third-order valence-electron chi connectivity index (χ3n) is 3.20. The zero-order valence-corrected chi connectivity index (χ0v) is 12.9. The first-order chi connectivity index (χ1) is 10.2. The topological polar surface area (TPSA) is 92.4 Å². The molecule has 0 bridgehead atoms. The van der Waals surface area contributed by atoms with Crippen molar-refractivity contribution in [1.82, 2.24) is 5.16 Å². The van der Waals surface area contributed by atoms with Gasteiger partial charge in [-0.25, -0.2) is 4.79 Å². The number of amides is 1. The van der Waals surface area contributed by atoms with E-state index >= 15 is 0 Å². The molecule has 2 N–H and O–H groups in total. The minimum Gasteiger partial charge on any atom is -0.478 e. The second-order valence-electron chi connectivity index (χ2n) is 6.12. The lowest BCUT2D eigenvalue weighted by Gasteiger charge is -2.12. The van der Waals surface area contributed by atoms with Gasteiger partial charge in [0.15, 0.2) is 5.69 Å². The molecule has 1 aromatic carbocycles. The molecule has 0 aliphatic rings. The Bertz CT molecular complexity index is 726. The molecule has 0 fully saturated rings. The predicted molar refractivity (Wildman–Crippen MR) is 81.3 cm³/mol. The number of hydrogen-bond acceptors (Lipinski definition) is 4. The van der Waals surface area contributed by atoms with Crippen molar-refractivity contribution in [3.63, 3.8) is 0 Å². The van der Waals surface area contributed by atoms with E-state index in [1.165, 1.54) is 6.07 Å². The maximum Gasteiger partial charge on any atom is 0.335 e. The van der Waals surface area contributed by atoms with Crippen LogP contribution in [0.2, 0.25) is 0 Å². The van der Waals surface area contributed by atoms with Crippen molar-refractivity contribution in [2.45, 2.75) is 33.1 Å². The van der Waals surface area contributed by atoms with Crippen LogP contribution in [0.5, 0.6) is 0 Å². The van der Waals surface area contributed by atoms with Crippen molar-refractivity contribution in [3.8, 4) is 0 Å². The van der Waals surface area contributed by atoms with Gasteiger partial charge in [0, 0.05) is 17.2 Å². The molecule has 0 aliphatic carbocycles. The number of carboxylic acid groups (broad SMARTS) is 1. The Morgan fingerprint density at radius 1 is 1.23 bits per heavy atom. The lowest BCUT2D eigenvalue weighted by Crippen LogP contribution is -2.13. The van der Waals surface area contributed by atoms with Crippen LogP contribution in [0.1, 0.15) is 52.9 Å². The third kappa shape index (κ3) is 3.33. The van der Waals surface area contributed by atoms with Crippen LogP contribution in [0, 0.1) is 6.92 Å². The Hall–Kier alpha value is -2.63. The maximum atomic E-state index is 12.1. The molecular weight excluding hydrogens is 284 g/mol. The number of carbonyl (C=O) groups excluding carboxylic acids is 1.